The van der Waals surface area contributed by atoms with Crippen LogP contribution < -0.4 is 0 Å². The van der Waals surface area contributed by atoms with Gasteiger partial charge in [-0.1, -0.05) is 34.6 Å². The van der Waals surface area contributed by atoms with Crippen molar-refractivity contribution >= 4 is 0 Å². The van der Waals surface area contributed by atoms with E-state index >= 15 is 0 Å². The van der Waals surface area contributed by atoms with Crippen LogP contribution in [0.3, 0.4) is 0 Å². The van der Waals surface area contributed by atoms with Crippen molar-refractivity contribution in [1.82, 2.24) is 4.90 Å². The van der Waals surface area contributed by atoms with Gasteiger partial charge >= 0.3 is 0 Å². The molecule has 3 nitrogen and oxygen atoms in total. The van der Waals surface area contributed by atoms with Crippen LogP contribution in [0.25, 0.3) is 0 Å². The molecular weight excluding hydrogens is 250 g/mol. The summed E-state index contributed by atoms with van der Waals surface area (Å²) in [5.74, 6) is 0.803. The predicted molar refractivity (Wildman–Crippen MR) is 82.8 cm³/mol. The van der Waals surface area contributed by atoms with Crippen LogP contribution >= 0.6 is 0 Å². The van der Waals surface area contributed by atoms with Gasteiger partial charge in [-0.25, -0.2) is 0 Å². The molecule has 118 valence electrons. The van der Waals surface area contributed by atoms with Gasteiger partial charge in [0.2, 0.25) is 0 Å². The Kier molecular flexibility index (Phi) is 4.83. The third-order valence-corrected chi connectivity index (χ3v) is 6.57. The summed E-state index contributed by atoms with van der Waals surface area (Å²) < 4.78 is 6.15. The van der Waals surface area contributed by atoms with Crippen molar-refractivity contribution in [1.29, 1.82) is 0 Å². The molecule has 0 aromatic carbocycles. The lowest BCUT2D eigenvalue weighted by Crippen LogP contribution is -2.40. The normalized spacial score (nSPS) is 36.8. The first-order chi connectivity index (χ1) is 9.35. The van der Waals surface area contributed by atoms with E-state index in [0.717, 1.165) is 25.6 Å². The average molecular weight is 283 g/mol. The van der Waals surface area contributed by atoms with E-state index in [0.29, 0.717) is 23.5 Å². The van der Waals surface area contributed by atoms with E-state index in [2.05, 4.69) is 39.5 Å². The van der Waals surface area contributed by atoms with Crippen LogP contribution in [0.2, 0.25) is 0 Å². The number of aliphatic hydroxyl groups excluding tert-OH is 1. The Morgan fingerprint density at radius 1 is 1.25 bits per heavy atom. The summed E-state index contributed by atoms with van der Waals surface area (Å²) in [7, 11) is 0. The SMILES string of the molecule is CCN(CC)C[C@H](O)CO[C@@H]1C[C@@H]2CC[C@]1(C)C2(C)C. The minimum Gasteiger partial charge on any atom is -0.389 e. The summed E-state index contributed by atoms with van der Waals surface area (Å²) in [5.41, 5.74) is 0.689. The van der Waals surface area contributed by atoms with Gasteiger partial charge in [-0.2, -0.15) is 0 Å². The standard InChI is InChI=1S/C17H33NO2/c1-6-18(7-2)11-14(19)12-20-15-10-13-8-9-17(15,5)16(13,3)4/h13-15,19H,6-12H2,1-5H3/t13-,14-,15+,17-/m0/s1. The highest BCUT2D eigenvalue weighted by atomic mass is 16.5. The molecule has 0 heterocycles. The summed E-state index contributed by atoms with van der Waals surface area (Å²) in [6, 6.07) is 0. The van der Waals surface area contributed by atoms with Crippen LogP contribution in [0.15, 0.2) is 0 Å². The number of likely N-dealkylation sites (N-methyl/N-ethyl adjacent to an activating group) is 1. The fourth-order valence-electron chi connectivity index (χ4n) is 4.44. The highest BCUT2D eigenvalue weighted by molar-refractivity contribution is 5.11. The van der Waals surface area contributed by atoms with Crippen LogP contribution in [0.4, 0.5) is 0 Å². The van der Waals surface area contributed by atoms with Crippen LogP contribution in [0.5, 0.6) is 0 Å². The van der Waals surface area contributed by atoms with Gasteiger partial charge in [-0.15, -0.1) is 0 Å². The molecule has 0 saturated heterocycles. The van der Waals surface area contributed by atoms with Gasteiger partial charge in [-0.3, -0.25) is 0 Å². The molecule has 2 aliphatic carbocycles. The van der Waals surface area contributed by atoms with E-state index < -0.39 is 0 Å². The van der Waals surface area contributed by atoms with E-state index in [1.807, 2.05) is 0 Å². The van der Waals surface area contributed by atoms with Gasteiger partial charge < -0.3 is 14.7 Å². The second kappa shape index (κ2) is 5.94. The Morgan fingerprint density at radius 2 is 1.90 bits per heavy atom. The molecule has 0 aromatic heterocycles. The minimum absolute atomic E-state index is 0.298. The summed E-state index contributed by atoms with van der Waals surface area (Å²) in [6.45, 7) is 14.7. The molecule has 0 amide bonds. The highest BCUT2D eigenvalue weighted by Gasteiger charge is 2.61. The van der Waals surface area contributed by atoms with Gasteiger partial charge in [0.1, 0.15) is 0 Å². The lowest BCUT2D eigenvalue weighted by atomic mass is 9.70. The summed E-state index contributed by atoms with van der Waals surface area (Å²) in [4.78, 5) is 2.25. The molecule has 2 aliphatic rings. The number of fused-ring (bicyclic) bond motifs is 2. The Balaban J connectivity index is 1.84. The van der Waals surface area contributed by atoms with Gasteiger partial charge in [0.05, 0.1) is 18.8 Å². The number of nitrogens with zero attached hydrogens (tertiary/aromatic N) is 1. The molecule has 4 atom stereocenters. The van der Waals surface area contributed by atoms with Gasteiger partial charge in [0.15, 0.2) is 0 Å². The fraction of sp³-hybridized carbons (Fsp3) is 1.00. The average Bonchev–Trinajstić information content (AvgIpc) is 2.75. The lowest BCUT2D eigenvalue weighted by molar-refractivity contribution is -0.0789. The van der Waals surface area contributed by atoms with E-state index in [9.17, 15) is 5.11 Å². The number of rotatable bonds is 7. The van der Waals surface area contributed by atoms with Gasteiger partial charge in [0, 0.05) is 6.54 Å². The molecule has 0 aromatic rings. The van der Waals surface area contributed by atoms with Crippen molar-refractivity contribution in [3.05, 3.63) is 0 Å². The van der Waals surface area contributed by atoms with Crippen LogP contribution in [0.1, 0.15) is 53.9 Å². The second-order valence-electron chi connectivity index (χ2n) is 7.57. The lowest BCUT2D eigenvalue weighted by Gasteiger charge is -2.39. The zero-order valence-electron chi connectivity index (χ0n) is 14.0. The largest absolute Gasteiger partial charge is 0.389 e. The molecule has 2 saturated carbocycles. The molecule has 2 bridgehead atoms. The third kappa shape index (κ3) is 2.65. The zero-order chi connectivity index (χ0) is 15.0. The number of hydrogen-bond donors (Lipinski definition) is 1. The molecule has 2 fully saturated rings. The Morgan fingerprint density at radius 3 is 2.35 bits per heavy atom. The maximum atomic E-state index is 10.2. The number of aliphatic hydroxyl groups is 1. The van der Waals surface area contributed by atoms with Crippen molar-refractivity contribution in [2.24, 2.45) is 16.7 Å². The van der Waals surface area contributed by atoms with E-state index in [4.69, 9.17) is 4.74 Å². The van der Waals surface area contributed by atoms with E-state index in [-0.39, 0.29) is 6.10 Å². The smallest absolute Gasteiger partial charge is 0.0900 e. The van der Waals surface area contributed by atoms with E-state index in [1.54, 1.807) is 0 Å². The summed E-state index contributed by atoms with van der Waals surface area (Å²) >= 11 is 0. The highest BCUT2D eigenvalue weighted by Crippen LogP contribution is 2.66. The molecule has 1 N–H and O–H groups in total. The maximum Gasteiger partial charge on any atom is 0.0900 e. The molecule has 0 aliphatic heterocycles. The van der Waals surface area contributed by atoms with Crippen molar-refractivity contribution in [2.45, 2.75) is 66.1 Å². The maximum absolute atomic E-state index is 10.2. The van der Waals surface area contributed by atoms with Crippen LogP contribution in [-0.4, -0.2) is 48.5 Å². The van der Waals surface area contributed by atoms with Gasteiger partial charge in [-0.05, 0) is 49.1 Å². The minimum atomic E-state index is -0.360. The monoisotopic (exact) mass is 283 g/mol. The van der Waals surface area contributed by atoms with Crippen molar-refractivity contribution in [3.63, 3.8) is 0 Å². The first kappa shape index (κ1) is 16.3. The third-order valence-electron chi connectivity index (χ3n) is 6.57. The first-order valence-electron chi connectivity index (χ1n) is 8.37. The number of ether oxygens (including phenoxy) is 1. The predicted octanol–water partition coefficient (Wildman–Crippen LogP) is 2.92. The summed E-state index contributed by atoms with van der Waals surface area (Å²) in [5, 5.41) is 10.2. The van der Waals surface area contributed by atoms with Crippen LogP contribution in [-0.2, 0) is 4.74 Å². The molecule has 0 unspecified atom stereocenters. The van der Waals surface area contributed by atoms with Crippen LogP contribution in [0, 0.1) is 16.7 Å². The van der Waals surface area contributed by atoms with Crippen molar-refractivity contribution in [2.75, 3.05) is 26.2 Å². The van der Waals surface area contributed by atoms with E-state index in [1.165, 1.54) is 19.3 Å². The van der Waals surface area contributed by atoms with Gasteiger partial charge in [0.25, 0.3) is 0 Å². The molecule has 20 heavy (non-hydrogen) atoms. The van der Waals surface area contributed by atoms with Crippen molar-refractivity contribution in [3.8, 4) is 0 Å². The Bertz CT molecular complexity index is 327. The topological polar surface area (TPSA) is 32.7 Å². The molecule has 0 spiro atoms. The fourth-order valence-corrected chi connectivity index (χ4v) is 4.44. The zero-order valence-corrected chi connectivity index (χ0v) is 14.0. The molecule has 3 heteroatoms. The molecule has 0 radical (unpaired) electrons. The molecular formula is C17H33NO2. The number of hydrogen-bond acceptors (Lipinski definition) is 3. The van der Waals surface area contributed by atoms with Crippen molar-refractivity contribution < 1.29 is 9.84 Å². The second-order valence-corrected chi connectivity index (χ2v) is 7.57. The Labute approximate surface area is 124 Å². The Hall–Kier alpha value is -0.120. The first-order valence-corrected chi connectivity index (χ1v) is 8.37. The quantitative estimate of drug-likeness (QED) is 0.780. The molecule has 2 rings (SSSR count). The summed E-state index contributed by atoms with van der Waals surface area (Å²) in [6.07, 6.45) is 3.79.